The molecule has 0 aliphatic carbocycles. The Morgan fingerprint density at radius 2 is 2.14 bits per heavy atom. The zero-order valence-electron chi connectivity index (χ0n) is 13.4. The normalized spacial score (nSPS) is 18.3. The summed E-state index contributed by atoms with van der Waals surface area (Å²) in [4.78, 5) is 26.9. The van der Waals surface area contributed by atoms with Gasteiger partial charge >= 0.3 is 12.0 Å². The summed E-state index contributed by atoms with van der Waals surface area (Å²) in [5.74, 6) is -0.0362. The highest BCUT2D eigenvalue weighted by atomic mass is 16.5. The third-order valence-corrected chi connectivity index (χ3v) is 3.74. The first kappa shape index (κ1) is 17.8. The van der Waals surface area contributed by atoms with Crippen LogP contribution in [0.4, 0.5) is 4.79 Å². The second kappa shape index (κ2) is 8.87. The first-order chi connectivity index (χ1) is 9.93. The number of carbonyl (C=O) groups excluding carboxylic acids is 1. The highest BCUT2D eigenvalue weighted by Crippen LogP contribution is 2.22. The van der Waals surface area contributed by atoms with Crippen LogP contribution in [0.15, 0.2) is 0 Å². The number of carboxylic acid groups (broad SMARTS) is 1. The van der Waals surface area contributed by atoms with Gasteiger partial charge in [0.25, 0.3) is 0 Å². The van der Waals surface area contributed by atoms with Crippen LogP contribution in [0.3, 0.4) is 0 Å². The molecule has 1 N–H and O–H groups in total. The molecule has 0 spiro atoms. The van der Waals surface area contributed by atoms with Crippen LogP contribution in [0.1, 0.15) is 33.1 Å². The summed E-state index contributed by atoms with van der Waals surface area (Å²) in [6.07, 6.45) is 1.74. The smallest absolute Gasteiger partial charge is 0.320 e. The molecule has 0 radical (unpaired) electrons. The lowest BCUT2D eigenvalue weighted by molar-refractivity contribution is -0.137. The number of likely N-dealkylation sites (tertiary alicyclic amines) is 1. The molecule has 1 unspecified atom stereocenters. The van der Waals surface area contributed by atoms with Gasteiger partial charge in [0.1, 0.15) is 0 Å². The van der Waals surface area contributed by atoms with Gasteiger partial charge in [-0.3, -0.25) is 4.79 Å². The van der Waals surface area contributed by atoms with E-state index in [0.29, 0.717) is 38.0 Å². The number of amides is 2. The van der Waals surface area contributed by atoms with Crippen LogP contribution < -0.4 is 0 Å². The summed E-state index contributed by atoms with van der Waals surface area (Å²) in [5, 5.41) is 8.73. The summed E-state index contributed by atoms with van der Waals surface area (Å²) >= 11 is 0. The van der Waals surface area contributed by atoms with Crippen LogP contribution in [0, 0.1) is 11.8 Å². The second-order valence-electron chi connectivity index (χ2n) is 6.15. The Morgan fingerprint density at radius 1 is 1.43 bits per heavy atom. The zero-order valence-corrected chi connectivity index (χ0v) is 13.4. The van der Waals surface area contributed by atoms with Crippen LogP contribution in [-0.2, 0) is 9.53 Å². The maximum absolute atomic E-state index is 12.6. The third-order valence-electron chi connectivity index (χ3n) is 3.74. The van der Waals surface area contributed by atoms with Crippen molar-refractivity contribution in [3.8, 4) is 0 Å². The predicted octanol–water partition coefficient (Wildman–Crippen LogP) is 1.90. The molecule has 1 saturated heterocycles. The number of carboxylic acids is 1. The van der Waals surface area contributed by atoms with Crippen LogP contribution in [0.2, 0.25) is 0 Å². The number of rotatable bonds is 8. The number of hydrogen-bond acceptors (Lipinski definition) is 3. The van der Waals surface area contributed by atoms with Crippen molar-refractivity contribution in [2.24, 2.45) is 11.8 Å². The van der Waals surface area contributed by atoms with Gasteiger partial charge in [0.2, 0.25) is 0 Å². The SMILES string of the molecule is COCCN(CC(C)C)C(=O)N1CCC(CCC(=O)O)C1. The van der Waals surface area contributed by atoms with Crippen LogP contribution >= 0.6 is 0 Å². The number of hydrogen-bond donors (Lipinski definition) is 1. The van der Waals surface area contributed by atoms with E-state index < -0.39 is 5.97 Å². The minimum absolute atomic E-state index is 0.0542. The monoisotopic (exact) mass is 300 g/mol. The lowest BCUT2D eigenvalue weighted by atomic mass is 10.0. The van der Waals surface area contributed by atoms with Gasteiger partial charge in [0, 0.05) is 39.7 Å². The van der Waals surface area contributed by atoms with E-state index in [1.165, 1.54) is 0 Å². The lowest BCUT2D eigenvalue weighted by Gasteiger charge is -2.29. The molecule has 1 aliphatic heterocycles. The zero-order chi connectivity index (χ0) is 15.8. The Hall–Kier alpha value is -1.30. The maximum atomic E-state index is 12.6. The van der Waals surface area contributed by atoms with E-state index in [0.717, 1.165) is 19.5 Å². The fraction of sp³-hybridized carbons (Fsp3) is 0.867. The minimum atomic E-state index is -0.763. The standard InChI is InChI=1S/C15H28N2O4/c1-12(2)10-17(8-9-21-3)15(20)16-7-6-13(11-16)4-5-14(18)19/h12-13H,4-11H2,1-3H3,(H,18,19). The average molecular weight is 300 g/mol. The molecule has 0 aromatic rings. The van der Waals surface area contributed by atoms with E-state index in [2.05, 4.69) is 13.8 Å². The van der Waals surface area contributed by atoms with E-state index in [9.17, 15) is 9.59 Å². The number of urea groups is 1. The van der Waals surface area contributed by atoms with Gasteiger partial charge in [-0.2, -0.15) is 0 Å². The Labute approximate surface area is 127 Å². The van der Waals surface area contributed by atoms with Crippen molar-refractivity contribution in [1.82, 2.24) is 9.80 Å². The molecule has 21 heavy (non-hydrogen) atoms. The fourth-order valence-electron chi connectivity index (χ4n) is 2.68. The van der Waals surface area contributed by atoms with Gasteiger partial charge in [-0.1, -0.05) is 13.8 Å². The van der Waals surface area contributed by atoms with Crippen molar-refractivity contribution < 1.29 is 19.4 Å². The van der Waals surface area contributed by atoms with Gasteiger partial charge in [0.05, 0.1) is 6.61 Å². The highest BCUT2D eigenvalue weighted by Gasteiger charge is 2.29. The molecule has 1 aliphatic rings. The van der Waals surface area contributed by atoms with Crippen LogP contribution in [0.25, 0.3) is 0 Å². The molecular formula is C15H28N2O4. The predicted molar refractivity (Wildman–Crippen MR) is 80.2 cm³/mol. The average Bonchev–Trinajstić information content (AvgIpc) is 2.88. The van der Waals surface area contributed by atoms with Gasteiger partial charge < -0.3 is 19.6 Å². The highest BCUT2D eigenvalue weighted by molar-refractivity contribution is 5.74. The summed E-state index contributed by atoms with van der Waals surface area (Å²) in [6, 6.07) is 0.0542. The molecule has 0 saturated carbocycles. The molecule has 122 valence electrons. The van der Waals surface area contributed by atoms with Gasteiger partial charge in [-0.05, 0) is 24.7 Å². The van der Waals surface area contributed by atoms with Crippen LogP contribution in [0.5, 0.6) is 0 Å². The topological polar surface area (TPSA) is 70.1 Å². The molecular weight excluding hydrogens is 272 g/mol. The second-order valence-corrected chi connectivity index (χ2v) is 6.15. The minimum Gasteiger partial charge on any atom is -0.481 e. The molecule has 1 fully saturated rings. The first-order valence-corrected chi connectivity index (χ1v) is 7.68. The summed E-state index contributed by atoms with van der Waals surface area (Å²) in [7, 11) is 1.63. The molecule has 1 rings (SSSR count). The molecule has 6 nitrogen and oxygen atoms in total. The van der Waals surface area contributed by atoms with E-state index in [1.54, 1.807) is 7.11 Å². The molecule has 1 atom stereocenters. The Morgan fingerprint density at radius 3 is 2.71 bits per heavy atom. The largest absolute Gasteiger partial charge is 0.481 e. The molecule has 0 bridgehead atoms. The number of methoxy groups -OCH3 is 1. The third kappa shape index (κ3) is 6.33. The Kier molecular flexibility index (Phi) is 7.50. The van der Waals surface area contributed by atoms with Crippen molar-refractivity contribution in [1.29, 1.82) is 0 Å². The number of nitrogens with zero attached hydrogens (tertiary/aromatic N) is 2. The Balaban J connectivity index is 2.49. The van der Waals surface area contributed by atoms with Gasteiger partial charge in [-0.15, -0.1) is 0 Å². The van der Waals surface area contributed by atoms with E-state index >= 15 is 0 Å². The van der Waals surface area contributed by atoms with Gasteiger partial charge in [-0.25, -0.2) is 4.79 Å². The summed E-state index contributed by atoms with van der Waals surface area (Å²) < 4.78 is 5.08. The first-order valence-electron chi connectivity index (χ1n) is 7.68. The number of aliphatic carboxylic acids is 1. The maximum Gasteiger partial charge on any atom is 0.320 e. The molecule has 2 amide bonds. The van der Waals surface area contributed by atoms with E-state index in [-0.39, 0.29) is 12.5 Å². The van der Waals surface area contributed by atoms with Crippen molar-refractivity contribution in [3.05, 3.63) is 0 Å². The van der Waals surface area contributed by atoms with Crippen molar-refractivity contribution >= 4 is 12.0 Å². The van der Waals surface area contributed by atoms with Crippen molar-refractivity contribution in [2.75, 3.05) is 39.9 Å². The fourth-order valence-corrected chi connectivity index (χ4v) is 2.68. The molecule has 6 heteroatoms. The molecule has 0 aromatic heterocycles. The number of ether oxygens (including phenoxy) is 1. The van der Waals surface area contributed by atoms with E-state index in [4.69, 9.17) is 9.84 Å². The number of carbonyl (C=O) groups is 2. The molecule has 0 aromatic carbocycles. The lowest BCUT2D eigenvalue weighted by Crippen LogP contribution is -2.45. The molecule has 1 heterocycles. The van der Waals surface area contributed by atoms with Crippen LogP contribution in [-0.4, -0.2) is 66.8 Å². The quantitative estimate of drug-likeness (QED) is 0.743. The van der Waals surface area contributed by atoms with E-state index in [1.807, 2.05) is 9.80 Å². The summed E-state index contributed by atoms with van der Waals surface area (Å²) in [6.45, 7) is 7.44. The van der Waals surface area contributed by atoms with Crippen molar-refractivity contribution in [2.45, 2.75) is 33.1 Å². The summed E-state index contributed by atoms with van der Waals surface area (Å²) in [5.41, 5.74) is 0. The van der Waals surface area contributed by atoms with Crippen molar-refractivity contribution in [3.63, 3.8) is 0 Å². The van der Waals surface area contributed by atoms with Gasteiger partial charge in [0.15, 0.2) is 0 Å². The Bertz CT molecular complexity index is 347.